The van der Waals surface area contributed by atoms with Crippen LogP contribution in [0.25, 0.3) is 10.9 Å². The summed E-state index contributed by atoms with van der Waals surface area (Å²) < 4.78 is 0. The molecule has 0 saturated heterocycles. The number of nitrogens with one attached hydrogen (secondary N) is 1. The molecule has 0 aliphatic rings. The molecule has 1 aromatic heterocycles. The number of aromatic nitrogens is 1. The summed E-state index contributed by atoms with van der Waals surface area (Å²) in [5, 5.41) is 12.5. The van der Waals surface area contributed by atoms with Gasteiger partial charge in [0.15, 0.2) is 0 Å². The van der Waals surface area contributed by atoms with Crippen LogP contribution in [0.2, 0.25) is 0 Å². The lowest BCUT2D eigenvalue weighted by Gasteiger charge is -2.16. The van der Waals surface area contributed by atoms with Gasteiger partial charge in [0.1, 0.15) is 6.04 Å². The molecule has 0 radical (unpaired) electrons. The minimum absolute atomic E-state index is 0.203. The Hall–Kier alpha value is -3.72. The first-order chi connectivity index (χ1) is 12.6. The maximum Gasteiger partial charge on any atom is 0.254 e. The van der Waals surface area contributed by atoms with Gasteiger partial charge in [0.25, 0.3) is 5.91 Å². The highest BCUT2D eigenvalue weighted by molar-refractivity contribution is 6.06. The number of primary amides is 1. The largest absolute Gasteiger partial charge is 0.368 e. The smallest absolute Gasteiger partial charge is 0.254 e. The van der Waals surface area contributed by atoms with Crippen molar-refractivity contribution in [2.24, 2.45) is 5.73 Å². The van der Waals surface area contributed by atoms with Crippen LogP contribution in [0.4, 0.5) is 0 Å². The number of nitrogens with zero attached hydrogens (tertiary/aromatic N) is 2. The summed E-state index contributed by atoms with van der Waals surface area (Å²) in [6, 6.07) is 16.9. The van der Waals surface area contributed by atoms with E-state index in [1.165, 1.54) is 0 Å². The molecule has 3 aromatic rings. The van der Waals surface area contributed by atoms with Gasteiger partial charge in [0.2, 0.25) is 5.91 Å². The zero-order chi connectivity index (χ0) is 18.5. The van der Waals surface area contributed by atoms with Crippen molar-refractivity contribution in [3.05, 3.63) is 77.5 Å². The number of para-hydroxylation sites is 1. The highest BCUT2D eigenvalue weighted by Crippen LogP contribution is 2.16. The summed E-state index contributed by atoms with van der Waals surface area (Å²) in [7, 11) is 0. The fourth-order valence-corrected chi connectivity index (χ4v) is 2.75. The monoisotopic (exact) mass is 344 g/mol. The average Bonchev–Trinajstić information content (AvgIpc) is 2.67. The summed E-state index contributed by atoms with van der Waals surface area (Å²) in [5.41, 5.74) is 7.61. The second-order valence-electron chi connectivity index (χ2n) is 5.83. The molecule has 2 amide bonds. The van der Waals surface area contributed by atoms with E-state index in [1.807, 2.05) is 18.2 Å². The van der Waals surface area contributed by atoms with Crippen molar-refractivity contribution in [3.63, 3.8) is 0 Å². The van der Waals surface area contributed by atoms with Gasteiger partial charge < -0.3 is 11.1 Å². The van der Waals surface area contributed by atoms with Crippen molar-refractivity contribution in [1.82, 2.24) is 10.3 Å². The van der Waals surface area contributed by atoms with Gasteiger partial charge in [-0.1, -0.05) is 30.3 Å². The third kappa shape index (κ3) is 3.68. The van der Waals surface area contributed by atoms with Crippen LogP contribution in [0.15, 0.2) is 60.8 Å². The van der Waals surface area contributed by atoms with Crippen LogP contribution in [-0.2, 0) is 11.2 Å². The Morgan fingerprint density at radius 3 is 2.69 bits per heavy atom. The van der Waals surface area contributed by atoms with Gasteiger partial charge in [-0.2, -0.15) is 5.26 Å². The molecule has 3 rings (SSSR count). The van der Waals surface area contributed by atoms with E-state index < -0.39 is 17.9 Å². The van der Waals surface area contributed by atoms with Crippen LogP contribution in [0.3, 0.4) is 0 Å². The maximum atomic E-state index is 12.7. The summed E-state index contributed by atoms with van der Waals surface area (Å²) in [6.45, 7) is 0. The van der Waals surface area contributed by atoms with Crippen molar-refractivity contribution < 1.29 is 9.59 Å². The minimum Gasteiger partial charge on any atom is -0.368 e. The molecule has 1 heterocycles. The summed E-state index contributed by atoms with van der Waals surface area (Å²) in [5.74, 6) is -1.07. The molecule has 128 valence electrons. The Labute approximate surface area is 150 Å². The van der Waals surface area contributed by atoms with E-state index in [-0.39, 0.29) is 6.42 Å². The molecular weight excluding hydrogens is 328 g/mol. The Balaban J connectivity index is 1.84. The predicted molar refractivity (Wildman–Crippen MR) is 97.1 cm³/mol. The summed E-state index contributed by atoms with van der Waals surface area (Å²) in [4.78, 5) is 28.7. The molecule has 0 spiro atoms. The molecule has 6 nitrogen and oxygen atoms in total. The van der Waals surface area contributed by atoms with Crippen LogP contribution in [0.5, 0.6) is 0 Å². The highest BCUT2D eigenvalue weighted by atomic mass is 16.2. The Morgan fingerprint density at radius 2 is 1.92 bits per heavy atom. The highest BCUT2D eigenvalue weighted by Gasteiger charge is 2.21. The van der Waals surface area contributed by atoms with Gasteiger partial charge in [-0.05, 0) is 29.8 Å². The van der Waals surface area contributed by atoms with Crippen molar-refractivity contribution in [1.29, 1.82) is 5.26 Å². The number of nitrogens with two attached hydrogens (primary N) is 1. The van der Waals surface area contributed by atoms with E-state index in [1.54, 1.807) is 48.7 Å². The lowest BCUT2D eigenvalue weighted by Crippen LogP contribution is -2.45. The molecule has 0 saturated carbocycles. The number of rotatable bonds is 5. The lowest BCUT2D eigenvalue weighted by molar-refractivity contribution is -0.119. The maximum absolute atomic E-state index is 12.7. The number of hydrogen-bond donors (Lipinski definition) is 2. The average molecular weight is 344 g/mol. The second-order valence-corrected chi connectivity index (χ2v) is 5.83. The first kappa shape index (κ1) is 17.1. The van der Waals surface area contributed by atoms with Crippen LogP contribution >= 0.6 is 0 Å². The van der Waals surface area contributed by atoms with E-state index in [2.05, 4.69) is 10.3 Å². The van der Waals surface area contributed by atoms with Gasteiger partial charge in [0.05, 0.1) is 22.7 Å². The van der Waals surface area contributed by atoms with Gasteiger partial charge in [-0.25, -0.2) is 0 Å². The van der Waals surface area contributed by atoms with E-state index in [9.17, 15) is 9.59 Å². The Morgan fingerprint density at radius 1 is 1.15 bits per heavy atom. The van der Waals surface area contributed by atoms with Crippen LogP contribution in [-0.4, -0.2) is 22.8 Å². The van der Waals surface area contributed by atoms with Gasteiger partial charge in [-0.15, -0.1) is 0 Å². The molecule has 3 N–H and O–H groups in total. The number of carbonyl (C=O) groups is 2. The quantitative estimate of drug-likeness (QED) is 0.737. The third-order valence-corrected chi connectivity index (χ3v) is 4.02. The van der Waals surface area contributed by atoms with Gasteiger partial charge in [0, 0.05) is 18.0 Å². The van der Waals surface area contributed by atoms with Crippen molar-refractivity contribution in [2.45, 2.75) is 12.5 Å². The zero-order valence-corrected chi connectivity index (χ0v) is 13.8. The van der Waals surface area contributed by atoms with E-state index in [4.69, 9.17) is 11.0 Å². The number of amides is 2. The molecule has 2 aromatic carbocycles. The molecule has 0 bridgehead atoms. The molecule has 0 aliphatic heterocycles. The number of nitriles is 1. The molecular formula is C20H16N4O2. The van der Waals surface area contributed by atoms with Crippen molar-refractivity contribution in [2.75, 3.05) is 0 Å². The lowest BCUT2D eigenvalue weighted by atomic mass is 10.0. The van der Waals surface area contributed by atoms with Crippen LogP contribution < -0.4 is 11.1 Å². The number of carbonyl (C=O) groups excluding carboxylic acids is 2. The predicted octanol–water partition coefficient (Wildman–Crippen LogP) is 1.93. The number of benzene rings is 2. The molecule has 0 aliphatic carbocycles. The van der Waals surface area contributed by atoms with Gasteiger partial charge in [-0.3, -0.25) is 14.6 Å². The SMILES string of the molecule is N#Cc1cccc(C[C@H](NC(=O)c2cccc3cccnc23)C(N)=O)c1. The van der Waals surface area contributed by atoms with E-state index >= 15 is 0 Å². The number of hydrogen-bond acceptors (Lipinski definition) is 4. The first-order valence-corrected chi connectivity index (χ1v) is 8.01. The normalized spacial score (nSPS) is 11.5. The number of pyridine rings is 1. The summed E-state index contributed by atoms with van der Waals surface area (Å²) >= 11 is 0. The fraction of sp³-hybridized carbons (Fsp3) is 0.100. The minimum atomic E-state index is -0.893. The molecule has 26 heavy (non-hydrogen) atoms. The summed E-state index contributed by atoms with van der Waals surface area (Å²) in [6.07, 6.45) is 1.81. The topological polar surface area (TPSA) is 109 Å². The van der Waals surface area contributed by atoms with E-state index in [0.29, 0.717) is 16.6 Å². The second kappa shape index (κ2) is 7.45. The zero-order valence-electron chi connectivity index (χ0n) is 13.8. The van der Waals surface area contributed by atoms with Crippen molar-refractivity contribution in [3.8, 4) is 6.07 Å². The number of fused-ring (bicyclic) bond motifs is 1. The molecule has 1 atom stereocenters. The standard InChI is InChI=1S/C20H16N4O2/c21-12-14-5-1-4-13(10-14)11-17(19(22)25)24-20(26)16-8-2-6-15-7-3-9-23-18(15)16/h1-10,17H,11H2,(H2,22,25)(H,24,26)/t17-/m0/s1. The third-order valence-electron chi connectivity index (χ3n) is 4.02. The Bertz CT molecular complexity index is 1020. The van der Waals surface area contributed by atoms with Crippen molar-refractivity contribution >= 4 is 22.7 Å². The molecule has 6 heteroatoms. The van der Waals surface area contributed by atoms with Gasteiger partial charge >= 0.3 is 0 Å². The Kier molecular flexibility index (Phi) is 4.90. The van der Waals surface area contributed by atoms with Crippen LogP contribution in [0, 0.1) is 11.3 Å². The first-order valence-electron chi connectivity index (χ1n) is 8.01. The van der Waals surface area contributed by atoms with Crippen LogP contribution in [0.1, 0.15) is 21.5 Å². The fourth-order valence-electron chi connectivity index (χ4n) is 2.75. The molecule has 0 unspecified atom stereocenters. The molecule has 0 fully saturated rings. The van der Waals surface area contributed by atoms with E-state index in [0.717, 1.165) is 10.9 Å².